The maximum absolute atomic E-state index is 5.65. The second-order valence-electron chi connectivity index (χ2n) is 5.22. The largest absolute Gasteiger partial charge is 0.466 e. The van der Waals surface area contributed by atoms with E-state index in [1.165, 1.54) is 11.1 Å². The standard InChI is InChI=1S/C12H22N2O/c1-7-8(2)15-9(3)10(7)11(14-13)12(4,5)6/h11,14H,13H2,1-6H3. The summed E-state index contributed by atoms with van der Waals surface area (Å²) in [5.74, 6) is 7.59. The van der Waals surface area contributed by atoms with Gasteiger partial charge in [0.25, 0.3) is 0 Å². The molecule has 15 heavy (non-hydrogen) atoms. The Kier molecular flexibility index (Phi) is 3.26. The molecule has 0 spiro atoms. The molecule has 1 heterocycles. The van der Waals surface area contributed by atoms with E-state index in [2.05, 4.69) is 33.1 Å². The maximum atomic E-state index is 5.65. The van der Waals surface area contributed by atoms with E-state index in [9.17, 15) is 0 Å². The van der Waals surface area contributed by atoms with E-state index in [-0.39, 0.29) is 11.5 Å². The summed E-state index contributed by atoms with van der Waals surface area (Å²) in [7, 11) is 0. The first-order valence-corrected chi connectivity index (χ1v) is 5.31. The smallest absolute Gasteiger partial charge is 0.106 e. The number of rotatable bonds is 2. The van der Waals surface area contributed by atoms with E-state index in [0.29, 0.717) is 0 Å². The van der Waals surface area contributed by atoms with Crippen molar-refractivity contribution in [2.75, 3.05) is 0 Å². The number of nitrogens with one attached hydrogen (secondary N) is 1. The van der Waals surface area contributed by atoms with Crippen molar-refractivity contribution < 1.29 is 4.42 Å². The summed E-state index contributed by atoms with van der Waals surface area (Å²) in [4.78, 5) is 0. The summed E-state index contributed by atoms with van der Waals surface area (Å²) >= 11 is 0. The fourth-order valence-electron chi connectivity index (χ4n) is 2.00. The fourth-order valence-corrected chi connectivity index (χ4v) is 2.00. The molecule has 0 aromatic carbocycles. The van der Waals surface area contributed by atoms with Gasteiger partial charge in [-0.25, -0.2) is 0 Å². The molecule has 0 bridgehead atoms. The van der Waals surface area contributed by atoms with Gasteiger partial charge in [0.15, 0.2) is 0 Å². The molecule has 0 fully saturated rings. The lowest BCUT2D eigenvalue weighted by Gasteiger charge is -2.30. The molecule has 1 aromatic rings. The molecular weight excluding hydrogens is 188 g/mol. The zero-order chi connectivity index (χ0) is 11.8. The number of nitrogens with two attached hydrogens (primary N) is 1. The SMILES string of the molecule is Cc1oc(C)c(C(NN)C(C)(C)C)c1C. The zero-order valence-corrected chi connectivity index (χ0v) is 10.6. The lowest BCUT2D eigenvalue weighted by molar-refractivity contribution is 0.272. The zero-order valence-electron chi connectivity index (χ0n) is 10.6. The van der Waals surface area contributed by atoms with Crippen LogP contribution in [-0.2, 0) is 0 Å². The number of furan rings is 1. The van der Waals surface area contributed by atoms with Gasteiger partial charge in [-0.2, -0.15) is 0 Å². The molecule has 3 N–H and O–H groups in total. The Labute approximate surface area is 92.0 Å². The maximum Gasteiger partial charge on any atom is 0.106 e. The van der Waals surface area contributed by atoms with Gasteiger partial charge in [0, 0.05) is 5.56 Å². The Balaban J connectivity index is 3.24. The van der Waals surface area contributed by atoms with E-state index >= 15 is 0 Å². The predicted molar refractivity (Wildman–Crippen MR) is 62.4 cm³/mol. The Bertz CT molecular complexity index is 347. The van der Waals surface area contributed by atoms with Crippen LogP contribution in [0.4, 0.5) is 0 Å². The van der Waals surface area contributed by atoms with E-state index in [4.69, 9.17) is 10.3 Å². The molecule has 3 nitrogen and oxygen atoms in total. The highest BCUT2D eigenvalue weighted by atomic mass is 16.3. The van der Waals surface area contributed by atoms with Crippen LogP contribution in [0, 0.1) is 26.2 Å². The van der Waals surface area contributed by atoms with Gasteiger partial charge in [-0.15, -0.1) is 0 Å². The summed E-state index contributed by atoms with van der Waals surface area (Å²) < 4.78 is 5.63. The van der Waals surface area contributed by atoms with E-state index in [1.54, 1.807) is 0 Å². The number of hydrogen-bond donors (Lipinski definition) is 2. The van der Waals surface area contributed by atoms with Gasteiger partial charge >= 0.3 is 0 Å². The topological polar surface area (TPSA) is 51.2 Å². The molecule has 86 valence electrons. The monoisotopic (exact) mass is 210 g/mol. The molecule has 1 unspecified atom stereocenters. The van der Waals surface area contributed by atoms with Crippen molar-refractivity contribution in [3.63, 3.8) is 0 Å². The van der Waals surface area contributed by atoms with Crippen LogP contribution in [0.5, 0.6) is 0 Å². The Morgan fingerprint density at radius 1 is 1.13 bits per heavy atom. The van der Waals surface area contributed by atoms with Gasteiger partial charge in [0.05, 0.1) is 6.04 Å². The average Bonchev–Trinajstić information content (AvgIpc) is 2.30. The molecule has 1 atom stereocenters. The van der Waals surface area contributed by atoms with Crippen LogP contribution in [0.3, 0.4) is 0 Å². The van der Waals surface area contributed by atoms with Crippen molar-refractivity contribution in [3.8, 4) is 0 Å². The molecule has 0 amide bonds. The van der Waals surface area contributed by atoms with Crippen LogP contribution in [0.2, 0.25) is 0 Å². The van der Waals surface area contributed by atoms with E-state index in [1.807, 2.05) is 13.8 Å². The number of hydrogen-bond acceptors (Lipinski definition) is 3. The van der Waals surface area contributed by atoms with Crippen LogP contribution >= 0.6 is 0 Å². The summed E-state index contributed by atoms with van der Waals surface area (Å²) in [6.07, 6.45) is 0. The Morgan fingerprint density at radius 2 is 1.67 bits per heavy atom. The van der Waals surface area contributed by atoms with Crippen LogP contribution in [0.1, 0.15) is 49.5 Å². The minimum absolute atomic E-state index is 0.0700. The molecule has 0 radical (unpaired) electrons. The highest BCUT2D eigenvalue weighted by Crippen LogP contribution is 2.37. The third-order valence-electron chi connectivity index (χ3n) is 2.94. The quantitative estimate of drug-likeness (QED) is 0.583. The summed E-state index contributed by atoms with van der Waals surface area (Å²) in [5.41, 5.74) is 5.36. The van der Waals surface area contributed by atoms with Crippen LogP contribution in [0.15, 0.2) is 4.42 Å². The summed E-state index contributed by atoms with van der Waals surface area (Å²) in [6.45, 7) is 12.6. The van der Waals surface area contributed by atoms with Gasteiger partial charge in [-0.05, 0) is 31.7 Å². The van der Waals surface area contributed by atoms with Gasteiger partial charge < -0.3 is 4.42 Å². The van der Waals surface area contributed by atoms with Gasteiger partial charge in [-0.3, -0.25) is 11.3 Å². The van der Waals surface area contributed by atoms with E-state index in [0.717, 1.165) is 11.5 Å². The first kappa shape index (κ1) is 12.3. The second kappa shape index (κ2) is 3.99. The highest BCUT2D eigenvalue weighted by Gasteiger charge is 2.30. The van der Waals surface area contributed by atoms with Crippen molar-refractivity contribution in [3.05, 3.63) is 22.6 Å². The molecule has 0 saturated carbocycles. The van der Waals surface area contributed by atoms with Gasteiger partial charge in [0.1, 0.15) is 11.5 Å². The predicted octanol–water partition coefficient (Wildman–Crippen LogP) is 2.76. The Morgan fingerprint density at radius 3 is 1.93 bits per heavy atom. The van der Waals surface area contributed by atoms with Gasteiger partial charge in [-0.1, -0.05) is 20.8 Å². The third-order valence-corrected chi connectivity index (χ3v) is 2.94. The van der Waals surface area contributed by atoms with Gasteiger partial charge in [0.2, 0.25) is 0 Å². The van der Waals surface area contributed by atoms with Crippen molar-refractivity contribution in [1.29, 1.82) is 0 Å². The molecule has 0 aliphatic carbocycles. The number of aryl methyl sites for hydroxylation is 2. The lowest BCUT2D eigenvalue weighted by atomic mass is 9.81. The average molecular weight is 210 g/mol. The van der Waals surface area contributed by atoms with Crippen molar-refractivity contribution in [2.24, 2.45) is 11.3 Å². The molecule has 3 heteroatoms. The molecule has 1 aromatic heterocycles. The van der Waals surface area contributed by atoms with Crippen LogP contribution in [0.25, 0.3) is 0 Å². The van der Waals surface area contributed by atoms with Crippen LogP contribution < -0.4 is 11.3 Å². The second-order valence-corrected chi connectivity index (χ2v) is 5.22. The van der Waals surface area contributed by atoms with Crippen molar-refractivity contribution >= 4 is 0 Å². The molecule has 0 aliphatic heterocycles. The van der Waals surface area contributed by atoms with Crippen molar-refractivity contribution in [2.45, 2.75) is 47.6 Å². The van der Waals surface area contributed by atoms with Crippen molar-refractivity contribution in [1.82, 2.24) is 5.43 Å². The third kappa shape index (κ3) is 2.24. The fraction of sp³-hybridized carbons (Fsp3) is 0.667. The molecular formula is C12H22N2O. The highest BCUT2D eigenvalue weighted by molar-refractivity contribution is 5.35. The first-order chi connectivity index (χ1) is 6.79. The summed E-state index contributed by atoms with van der Waals surface area (Å²) in [5, 5.41) is 0. The minimum atomic E-state index is 0.0700. The molecule has 0 saturated heterocycles. The molecule has 0 aliphatic rings. The molecule has 1 rings (SSSR count). The minimum Gasteiger partial charge on any atom is -0.466 e. The normalized spacial score (nSPS) is 14.3. The van der Waals surface area contributed by atoms with E-state index < -0.39 is 0 Å². The number of hydrazine groups is 1. The lowest BCUT2D eigenvalue weighted by Crippen LogP contribution is -2.37. The summed E-state index contributed by atoms with van der Waals surface area (Å²) in [6, 6.07) is 0.120. The first-order valence-electron chi connectivity index (χ1n) is 5.31. The Hall–Kier alpha value is -0.800. The van der Waals surface area contributed by atoms with Crippen LogP contribution in [-0.4, -0.2) is 0 Å².